The Morgan fingerprint density at radius 3 is 2.57 bits per heavy atom. The van der Waals surface area contributed by atoms with E-state index in [-0.39, 0.29) is 0 Å². The Balaban J connectivity index is 2.08. The van der Waals surface area contributed by atoms with Gasteiger partial charge in [0.25, 0.3) is 0 Å². The highest BCUT2D eigenvalue weighted by atomic mass is 35.5. The number of rotatable bonds is 5. The van der Waals surface area contributed by atoms with E-state index in [1.807, 2.05) is 54.8 Å². The number of carbonyl (C=O) groups excluding carboxylic acids is 2. The Bertz CT molecular complexity index is 1100. The first-order chi connectivity index (χ1) is 14.3. The molecule has 156 valence electrons. The van der Waals surface area contributed by atoms with E-state index in [1.54, 1.807) is 13.0 Å². The molecule has 2 N–H and O–H groups in total. The largest absolute Gasteiger partial charge is 0.341 e. The Morgan fingerprint density at radius 2 is 1.87 bits per heavy atom. The topological polar surface area (TPSA) is 88.9 Å². The molecule has 1 atom stereocenters. The van der Waals surface area contributed by atoms with Gasteiger partial charge in [0.2, 0.25) is 5.91 Å². The molecule has 1 heterocycles. The van der Waals surface area contributed by atoms with Gasteiger partial charge in [-0.2, -0.15) is 0 Å². The van der Waals surface area contributed by atoms with Crippen LogP contribution in [0.25, 0.3) is 17.1 Å². The molecule has 2 aromatic carbocycles. The minimum Gasteiger partial charge on any atom is -0.341 e. The average Bonchev–Trinajstić information content (AvgIpc) is 3.12. The fourth-order valence-electron chi connectivity index (χ4n) is 2.83. The van der Waals surface area contributed by atoms with E-state index in [2.05, 4.69) is 20.8 Å². The van der Waals surface area contributed by atoms with E-state index in [9.17, 15) is 9.59 Å². The number of imide groups is 1. The van der Waals surface area contributed by atoms with E-state index in [0.29, 0.717) is 16.0 Å². The zero-order valence-electron chi connectivity index (χ0n) is 17.1. The third-order valence-corrected chi connectivity index (χ3v) is 5.84. The van der Waals surface area contributed by atoms with Gasteiger partial charge in [-0.3, -0.25) is 14.7 Å². The summed E-state index contributed by atoms with van der Waals surface area (Å²) in [5, 5.41) is 13.9. The zero-order valence-corrected chi connectivity index (χ0v) is 18.6. The molecule has 0 aliphatic carbocycles. The Kier molecular flexibility index (Phi) is 6.79. The van der Waals surface area contributed by atoms with E-state index < -0.39 is 17.2 Å². The van der Waals surface area contributed by atoms with Crippen LogP contribution >= 0.6 is 23.4 Å². The van der Waals surface area contributed by atoms with Crippen molar-refractivity contribution in [3.63, 3.8) is 0 Å². The first-order valence-corrected chi connectivity index (χ1v) is 10.5. The van der Waals surface area contributed by atoms with Gasteiger partial charge in [-0.15, -0.1) is 10.2 Å². The predicted molar refractivity (Wildman–Crippen MR) is 119 cm³/mol. The number of aryl methyl sites for hydroxylation is 2. The molecule has 0 radical (unpaired) electrons. The molecule has 0 fully saturated rings. The number of urea groups is 1. The van der Waals surface area contributed by atoms with Gasteiger partial charge in [-0.1, -0.05) is 47.6 Å². The molecular weight excluding hydrogens is 422 g/mol. The highest BCUT2D eigenvalue weighted by molar-refractivity contribution is 8.00. The summed E-state index contributed by atoms with van der Waals surface area (Å²) in [6.45, 7) is 5.72. The van der Waals surface area contributed by atoms with Crippen molar-refractivity contribution < 1.29 is 9.59 Å². The molecule has 0 bridgehead atoms. The lowest BCUT2D eigenvalue weighted by Crippen LogP contribution is -2.41. The number of aromatic nitrogens is 3. The Hall–Kier alpha value is -2.84. The predicted octanol–water partition coefficient (Wildman–Crippen LogP) is 4.14. The quantitative estimate of drug-likeness (QED) is 0.578. The molecule has 0 spiro atoms. The van der Waals surface area contributed by atoms with Crippen molar-refractivity contribution in [2.75, 3.05) is 7.05 Å². The lowest BCUT2D eigenvalue weighted by molar-refractivity contribution is -0.119. The molecule has 0 saturated heterocycles. The van der Waals surface area contributed by atoms with Crippen LogP contribution in [0.15, 0.2) is 47.6 Å². The van der Waals surface area contributed by atoms with Gasteiger partial charge in [0.15, 0.2) is 11.0 Å². The van der Waals surface area contributed by atoms with Crippen LogP contribution in [0.4, 0.5) is 4.79 Å². The van der Waals surface area contributed by atoms with E-state index >= 15 is 0 Å². The number of carbonyl (C=O) groups is 2. The van der Waals surface area contributed by atoms with Gasteiger partial charge >= 0.3 is 6.03 Å². The zero-order chi connectivity index (χ0) is 21.8. The molecule has 9 heteroatoms. The fraction of sp³-hybridized carbons (Fsp3) is 0.238. The van der Waals surface area contributed by atoms with Crippen molar-refractivity contribution in [2.45, 2.75) is 31.2 Å². The first kappa shape index (κ1) is 21.9. The van der Waals surface area contributed by atoms with E-state index in [4.69, 9.17) is 11.6 Å². The lowest BCUT2D eigenvalue weighted by Gasteiger charge is -2.16. The Labute approximate surface area is 184 Å². The molecule has 0 saturated carbocycles. The molecule has 0 unspecified atom stereocenters. The van der Waals surface area contributed by atoms with Crippen LogP contribution in [0.5, 0.6) is 0 Å². The number of thioether (sulfide) groups is 1. The molecule has 0 aliphatic heterocycles. The second kappa shape index (κ2) is 9.32. The second-order valence-corrected chi connectivity index (χ2v) is 8.45. The first-order valence-electron chi connectivity index (χ1n) is 9.29. The van der Waals surface area contributed by atoms with Gasteiger partial charge in [-0.05, 0) is 50.1 Å². The third-order valence-electron chi connectivity index (χ3n) is 4.47. The molecule has 3 aromatic rings. The summed E-state index contributed by atoms with van der Waals surface area (Å²) in [6.07, 6.45) is 0. The molecular formula is C21H22ClN5O2S. The summed E-state index contributed by atoms with van der Waals surface area (Å²) in [4.78, 5) is 23.8. The number of amides is 3. The number of halogens is 1. The summed E-state index contributed by atoms with van der Waals surface area (Å²) in [5.41, 5.74) is 3.74. The fourth-order valence-corrected chi connectivity index (χ4v) is 3.91. The molecule has 0 aliphatic rings. The van der Waals surface area contributed by atoms with Gasteiger partial charge in [-0.25, -0.2) is 4.79 Å². The average molecular weight is 444 g/mol. The minimum atomic E-state index is -0.575. The van der Waals surface area contributed by atoms with Crippen LogP contribution in [-0.2, 0) is 4.79 Å². The van der Waals surface area contributed by atoms with Crippen molar-refractivity contribution in [3.8, 4) is 17.1 Å². The summed E-state index contributed by atoms with van der Waals surface area (Å²) < 4.78 is 1.90. The number of hydrogen-bond acceptors (Lipinski definition) is 5. The minimum absolute atomic E-state index is 0.422. The number of nitrogens with one attached hydrogen (secondary N) is 2. The van der Waals surface area contributed by atoms with Crippen molar-refractivity contribution in [1.82, 2.24) is 25.4 Å². The lowest BCUT2D eigenvalue weighted by atomic mass is 10.1. The highest BCUT2D eigenvalue weighted by Crippen LogP contribution is 2.34. The monoisotopic (exact) mass is 443 g/mol. The van der Waals surface area contributed by atoms with Crippen molar-refractivity contribution >= 4 is 35.3 Å². The molecule has 7 nitrogen and oxygen atoms in total. The molecule has 3 amide bonds. The van der Waals surface area contributed by atoms with Gasteiger partial charge in [0, 0.05) is 12.6 Å². The smallest absolute Gasteiger partial charge is 0.321 e. The molecule has 30 heavy (non-hydrogen) atoms. The molecule has 1 aromatic heterocycles. The SMILES string of the molecule is CNC(=O)NC(=O)[C@H](C)Sc1nnc(-c2ccccc2Cl)n1-c1cc(C)ccc1C. The van der Waals surface area contributed by atoms with Crippen LogP contribution in [-0.4, -0.2) is 39.0 Å². The standard InChI is InChI=1S/C21H22ClN5O2S/c1-12-9-10-13(2)17(11-12)27-18(15-7-5-6-8-16(15)22)25-26-21(27)30-14(3)19(28)24-20(29)23-4/h5-11,14H,1-4H3,(H2,23,24,28,29)/t14-/m0/s1. The number of benzene rings is 2. The maximum absolute atomic E-state index is 12.3. The summed E-state index contributed by atoms with van der Waals surface area (Å²) in [7, 11) is 1.45. The van der Waals surface area contributed by atoms with E-state index in [1.165, 1.54) is 18.8 Å². The Morgan fingerprint density at radius 1 is 1.13 bits per heavy atom. The van der Waals surface area contributed by atoms with Gasteiger partial charge in [0.1, 0.15) is 0 Å². The van der Waals surface area contributed by atoms with E-state index in [0.717, 1.165) is 22.4 Å². The third kappa shape index (κ3) is 4.66. The van der Waals surface area contributed by atoms with Crippen LogP contribution in [0, 0.1) is 13.8 Å². The van der Waals surface area contributed by atoms with Crippen molar-refractivity contribution in [2.24, 2.45) is 0 Å². The summed E-state index contributed by atoms with van der Waals surface area (Å²) >= 11 is 7.65. The normalized spacial score (nSPS) is 11.8. The maximum atomic E-state index is 12.3. The maximum Gasteiger partial charge on any atom is 0.321 e. The van der Waals surface area contributed by atoms with Crippen LogP contribution in [0.1, 0.15) is 18.1 Å². The van der Waals surface area contributed by atoms with Gasteiger partial charge in [0.05, 0.1) is 16.0 Å². The van der Waals surface area contributed by atoms with Crippen LogP contribution in [0.3, 0.4) is 0 Å². The van der Waals surface area contributed by atoms with Crippen LogP contribution in [0.2, 0.25) is 5.02 Å². The number of nitrogens with zero attached hydrogens (tertiary/aromatic N) is 3. The number of hydrogen-bond donors (Lipinski definition) is 2. The second-order valence-electron chi connectivity index (χ2n) is 6.74. The summed E-state index contributed by atoms with van der Waals surface area (Å²) in [6, 6.07) is 13.0. The van der Waals surface area contributed by atoms with Crippen molar-refractivity contribution in [3.05, 3.63) is 58.6 Å². The van der Waals surface area contributed by atoms with Gasteiger partial charge < -0.3 is 5.32 Å². The van der Waals surface area contributed by atoms with Crippen LogP contribution < -0.4 is 10.6 Å². The van der Waals surface area contributed by atoms with Crippen molar-refractivity contribution in [1.29, 1.82) is 0 Å². The molecule has 3 rings (SSSR count). The highest BCUT2D eigenvalue weighted by Gasteiger charge is 2.24. The summed E-state index contributed by atoms with van der Waals surface area (Å²) in [5.74, 6) is 0.157.